The summed E-state index contributed by atoms with van der Waals surface area (Å²) in [5.41, 5.74) is 4.02. The van der Waals surface area contributed by atoms with Crippen molar-refractivity contribution < 1.29 is 28.8 Å². The maximum absolute atomic E-state index is 13.5. The molecule has 0 bridgehead atoms. The molecule has 0 saturated carbocycles. The molecule has 206 valence electrons. The number of hydrogen-bond acceptors (Lipinski definition) is 7. The van der Waals surface area contributed by atoms with Gasteiger partial charge in [0, 0.05) is 12.7 Å². The molecule has 2 aliphatic heterocycles. The number of nitrogens with zero attached hydrogens (tertiary/aromatic N) is 2. The van der Waals surface area contributed by atoms with E-state index < -0.39 is 13.0 Å². The third kappa shape index (κ3) is 5.40. The molecular formula is C30H37BN2O6. The average Bonchev–Trinajstić information content (AvgIpc) is 3.48. The number of carbonyl (C=O) groups excluding carboxylic acids is 2. The Bertz CT molecular complexity index is 1270. The number of aromatic nitrogens is 1. The van der Waals surface area contributed by atoms with Crippen LogP contribution in [0.15, 0.2) is 52.1 Å². The first-order chi connectivity index (χ1) is 18.8. The van der Waals surface area contributed by atoms with Crippen molar-refractivity contribution in [1.82, 2.24) is 9.88 Å². The van der Waals surface area contributed by atoms with E-state index in [1.165, 1.54) is 10.5 Å². The molecule has 2 aromatic heterocycles. The van der Waals surface area contributed by atoms with Crippen LogP contribution in [-0.2, 0) is 20.9 Å². The second-order valence-electron chi connectivity index (χ2n) is 11.1. The van der Waals surface area contributed by atoms with E-state index in [0.717, 1.165) is 23.3 Å². The summed E-state index contributed by atoms with van der Waals surface area (Å²) in [4.78, 5) is 32.7. The number of pyridine rings is 1. The molecule has 0 radical (unpaired) electrons. The summed E-state index contributed by atoms with van der Waals surface area (Å²) in [6.45, 7) is 6.49. The molecule has 0 unspecified atom stereocenters. The molecule has 2 N–H and O–H groups in total. The number of furan rings is 1. The van der Waals surface area contributed by atoms with E-state index in [0.29, 0.717) is 43.6 Å². The highest BCUT2D eigenvalue weighted by molar-refractivity contribution is 6.43. The maximum Gasteiger partial charge on any atom is 0.455 e. The Hall–Kier alpha value is -3.01. The van der Waals surface area contributed by atoms with Crippen LogP contribution in [0.5, 0.6) is 0 Å². The highest BCUT2D eigenvalue weighted by Gasteiger charge is 2.57. The van der Waals surface area contributed by atoms with Crippen LogP contribution < -0.4 is 0 Å². The van der Waals surface area contributed by atoms with Gasteiger partial charge in [0.25, 0.3) is 0 Å². The predicted molar refractivity (Wildman–Crippen MR) is 148 cm³/mol. The minimum atomic E-state index is -1.00. The number of allylic oxidation sites excluding steroid dienone is 2. The van der Waals surface area contributed by atoms with Gasteiger partial charge in [0.2, 0.25) is 11.8 Å². The summed E-state index contributed by atoms with van der Waals surface area (Å²) >= 11 is 0. The smallest absolute Gasteiger partial charge is 0.455 e. The Morgan fingerprint density at radius 2 is 2.03 bits per heavy atom. The SMILES string of the molecule is CCCN1C(=O)[C@@H]2[C@@H](CC(C(C)C)=C3[C@@H](CC/C(=C/c4ccc(CO)o4)c4ccccn4)OB(O)C[C@@H]32)C1=O. The monoisotopic (exact) mass is 532 g/mol. The zero-order valence-electron chi connectivity index (χ0n) is 22.9. The zero-order valence-corrected chi connectivity index (χ0v) is 22.9. The van der Waals surface area contributed by atoms with Gasteiger partial charge in [-0.3, -0.25) is 19.5 Å². The lowest BCUT2D eigenvalue weighted by Crippen LogP contribution is -2.46. The number of rotatable bonds is 9. The Morgan fingerprint density at radius 1 is 1.21 bits per heavy atom. The molecule has 8 nitrogen and oxygen atoms in total. The molecule has 0 aromatic carbocycles. The number of fused-ring (bicyclic) bond motifs is 3. The number of aliphatic hydroxyl groups is 1. The number of imide groups is 1. The van der Waals surface area contributed by atoms with E-state index in [9.17, 15) is 19.7 Å². The van der Waals surface area contributed by atoms with Gasteiger partial charge >= 0.3 is 7.12 Å². The first-order valence-electron chi connectivity index (χ1n) is 14.0. The lowest BCUT2D eigenvalue weighted by atomic mass is 9.57. The molecule has 4 heterocycles. The van der Waals surface area contributed by atoms with E-state index in [-0.39, 0.29) is 42.3 Å². The first kappa shape index (κ1) is 27.6. The van der Waals surface area contributed by atoms with Crippen LogP contribution in [0.2, 0.25) is 6.32 Å². The second kappa shape index (κ2) is 11.6. The van der Waals surface area contributed by atoms with E-state index in [2.05, 4.69) is 18.8 Å². The van der Waals surface area contributed by atoms with Crippen LogP contribution in [0.1, 0.15) is 63.7 Å². The second-order valence-corrected chi connectivity index (χ2v) is 11.1. The van der Waals surface area contributed by atoms with E-state index in [4.69, 9.17) is 9.07 Å². The topological polar surface area (TPSA) is 113 Å². The van der Waals surface area contributed by atoms with Gasteiger partial charge < -0.3 is 19.2 Å². The molecule has 2 amide bonds. The minimum Gasteiger partial charge on any atom is -0.459 e. The molecule has 39 heavy (non-hydrogen) atoms. The highest BCUT2D eigenvalue weighted by Crippen LogP contribution is 2.52. The van der Waals surface area contributed by atoms with E-state index >= 15 is 0 Å². The van der Waals surface area contributed by atoms with Crippen LogP contribution >= 0.6 is 0 Å². The fourth-order valence-electron chi connectivity index (χ4n) is 6.60. The van der Waals surface area contributed by atoms with Gasteiger partial charge in [0.05, 0.1) is 23.6 Å². The Labute approximate surface area is 229 Å². The minimum absolute atomic E-state index is 0.0670. The molecule has 2 fully saturated rings. The van der Waals surface area contributed by atoms with E-state index in [1.807, 2.05) is 37.3 Å². The number of carbonyl (C=O) groups is 2. The average molecular weight is 532 g/mol. The standard InChI is InChI=1S/C30H37BN2O6/c1-4-13-33-29(35)23-15-22(18(2)3)27-24(28(23)30(33)36)16-31(37)39-26(27)11-8-19(25-7-5-6-12-32-25)14-20-9-10-21(17-34)38-20/h5-7,9-10,12,14,18,23-24,26,28,34,37H,4,8,11,13,15-17H2,1-3H3/b19-14-/t23-,24+,26-,28-/m1/s1. The summed E-state index contributed by atoms with van der Waals surface area (Å²) in [5, 5.41) is 20.2. The molecule has 5 rings (SSSR count). The molecule has 2 aromatic rings. The summed E-state index contributed by atoms with van der Waals surface area (Å²) < 4.78 is 11.9. The predicted octanol–water partition coefficient (Wildman–Crippen LogP) is 4.35. The fourth-order valence-corrected chi connectivity index (χ4v) is 6.60. The zero-order chi connectivity index (χ0) is 27.7. The van der Waals surface area contributed by atoms with Gasteiger partial charge in [-0.1, -0.05) is 32.4 Å². The molecule has 3 aliphatic rings. The van der Waals surface area contributed by atoms with Crippen molar-refractivity contribution in [3.05, 3.63) is 64.9 Å². The lowest BCUT2D eigenvalue weighted by molar-refractivity contribution is -0.140. The van der Waals surface area contributed by atoms with Crippen LogP contribution in [0.4, 0.5) is 0 Å². The molecule has 4 atom stereocenters. The Kier molecular flexibility index (Phi) is 8.21. The summed E-state index contributed by atoms with van der Waals surface area (Å²) in [7, 11) is -1.00. The van der Waals surface area contributed by atoms with Crippen LogP contribution in [-0.4, -0.2) is 51.6 Å². The van der Waals surface area contributed by atoms with Crippen molar-refractivity contribution in [2.24, 2.45) is 23.7 Å². The highest BCUT2D eigenvalue weighted by atomic mass is 16.5. The quantitative estimate of drug-likeness (QED) is 0.281. The third-order valence-electron chi connectivity index (χ3n) is 8.30. The molecule has 2 saturated heterocycles. The summed E-state index contributed by atoms with van der Waals surface area (Å²) in [6.07, 6.45) is 6.07. The van der Waals surface area contributed by atoms with Gasteiger partial charge in [-0.25, -0.2) is 0 Å². The third-order valence-corrected chi connectivity index (χ3v) is 8.30. The summed E-state index contributed by atoms with van der Waals surface area (Å²) in [6, 6.07) is 9.29. The largest absolute Gasteiger partial charge is 0.459 e. The van der Waals surface area contributed by atoms with Crippen molar-refractivity contribution >= 4 is 30.6 Å². The summed E-state index contributed by atoms with van der Waals surface area (Å²) in [5.74, 6) is 0.124. The van der Waals surface area contributed by atoms with Gasteiger partial charge in [-0.2, -0.15) is 0 Å². The van der Waals surface area contributed by atoms with Crippen molar-refractivity contribution in [3.63, 3.8) is 0 Å². The van der Waals surface area contributed by atoms with Gasteiger partial charge in [-0.15, -0.1) is 0 Å². The normalized spacial score (nSPS) is 25.5. The molecular weight excluding hydrogens is 495 g/mol. The van der Waals surface area contributed by atoms with Crippen LogP contribution in [0.3, 0.4) is 0 Å². The number of hydrogen-bond donors (Lipinski definition) is 2. The van der Waals surface area contributed by atoms with Crippen molar-refractivity contribution in [2.45, 2.75) is 65.5 Å². The number of aliphatic hydroxyl groups excluding tert-OH is 1. The van der Waals surface area contributed by atoms with Crippen molar-refractivity contribution in [1.29, 1.82) is 0 Å². The molecule has 0 spiro atoms. The molecule has 1 aliphatic carbocycles. The molecule has 9 heteroatoms. The van der Waals surface area contributed by atoms with Gasteiger partial charge in [0.1, 0.15) is 18.1 Å². The van der Waals surface area contributed by atoms with Gasteiger partial charge in [-0.05, 0) is 85.3 Å². The fraction of sp³-hybridized carbons (Fsp3) is 0.500. The van der Waals surface area contributed by atoms with Crippen LogP contribution in [0.25, 0.3) is 11.6 Å². The maximum atomic E-state index is 13.5. The van der Waals surface area contributed by atoms with E-state index in [1.54, 1.807) is 12.3 Å². The first-order valence-corrected chi connectivity index (χ1v) is 14.0. The van der Waals surface area contributed by atoms with Crippen molar-refractivity contribution in [3.8, 4) is 0 Å². The van der Waals surface area contributed by atoms with Crippen LogP contribution in [0, 0.1) is 23.7 Å². The van der Waals surface area contributed by atoms with Crippen molar-refractivity contribution in [2.75, 3.05) is 6.54 Å². The van der Waals surface area contributed by atoms with Gasteiger partial charge in [0.15, 0.2) is 0 Å². The lowest BCUT2D eigenvalue weighted by Gasteiger charge is -2.44. The number of likely N-dealkylation sites (tertiary alicyclic amines) is 1. The Morgan fingerprint density at radius 3 is 2.69 bits per heavy atom. The Balaban J connectivity index is 1.47. The number of amides is 2.